The van der Waals surface area contributed by atoms with Crippen molar-refractivity contribution in [3.63, 3.8) is 0 Å². The van der Waals surface area contributed by atoms with E-state index in [0.717, 1.165) is 25.8 Å². The largest absolute Gasteiger partial charge is 0.391 e. The molecule has 1 rings (SSSR count). The van der Waals surface area contributed by atoms with Gasteiger partial charge in [-0.05, 0) is 19.8 Å². The predicted molar refractivity (Wildman–Crippen MR) is 68.2 cm³/mol. The third-order valence-electron chi connectivity index (χ3n) is 3.65. The Morgan fingerprint density at radius 1 is 1.24 bits per heavy atom. The van der Waals surface area contributed by atoms with Crippen LogP contribution in [0.1, 0.15) is 32.6 Å². The summed E-state index contributed by atoms with van der Waals surface area (Å²) in [6.07, 6.45) is 4.17. The number of rotatable bonds is 7. The van der Waals surface area contributed by atoms with Gasteiger partial charge < -0.3 is 14.6 Å². The minimum atomic E-state index is -0.195. The van der Waals surface area contributed by atoms with Gasteiger partial charge in [-0.1, -0.05) is 12.8 Å². The van der Waals surface area contributed by atoms with E-state index >= 15 is 0 Å². The topological polar surface area (TPSA) is 41.9 Å². The number of hydrogen-bond donors (Lipinski definition) is 1. The van der Waals surface area contributed by atoms with Crippen molar-refractivity contribution >= 4 is 0 Å². The first kappa shape index (κ1) is 14.9. The summed E-state index contributed by atoms with van der Waals surface area (Å²) < 4.78 is 10.4. The monoisotopic (exact) mass is 245 g/mol. The van der Waals surface area contributed by atoms with Crippen LogP contribution in [-0.2, 0) is 9.47 Å². The number of hydrogen-bond acceptors (Lipinski definition) is 4. The highest BCUT2D eigenvalue weighted by atomic mass is 16.5. The third-order valence-corrected chi connectivity index (χ3v) is 3.65. The molecular weight excluding hydrogens is 218 g/mol. The van der Waals surface area contributed by atoms with E-state index in [0.29, 0.717) is 19.3 Å². The number of methoxy groups -OCH3 is 2. The van der Waals surface area contributed by atoms with E-state index in [-0.39, 0.29) is 12.1 Å². The summed E-state index contributed by atoms with van der Waals surface area (Å²) in [5.74, 6) is 0. The number of nitrogens with zero attached hydrogens (tertiary/aromatic N) is 1. The Morgan fingerprint density at radius 2 is 1.94 bits per heavy atom. The van der Waals surface area contributed by atoms with E-state index in [4.69, 9.17) is 9.47 Å². The van der Waals surface area contributed by atoms with Gasteiger partial charge in [0.1, 0.15) is 0 Å². The van der Waals surface area contributed by atoms with Gasteiger partial charge in [-0.15, -0.1) is 0 Å². The highest BCUT2D eigenvalue weighted by Crippen LogP contribution is 2.24. The lowest BCUT2D eigenvalue weighted by Crippen LogP contribution is -2.51. The normalized spacial score (nSPS) is 27.4. The SMILES string of the molecule is COCCN(C(C)COC)[C@H]1CCCC[C@@H]1O. The van der Waals surface area contributed by atoms with Crippen LogP contribution < -0.4 is 0 Å². The zero-order valence-corrected chi connectivity index (χ0v) is 11.4. The molecule has 0 aromatic heterocycles. The smallest absolute Gasteiger partial charge is 0.0695 e. The molecule has 0 heterocycles. The maximum absolute atomic E-state index is 10.1. The molecule has 102 valence electrons. The van der Waals surface area contributed by atoms with Crippen molar-refractivity contribution < 1.29 is 14.6 Å². The van der Waals surface area contributed by atoms with Gasteiger partial charge in [-0.2, -0.15) is 0 Å². The fourth-order valence-corrected chi connectivity index (χ4v) is 2.73. The fraction of sp³-hybridized carbons (Fsp3) is 1.00. The predicted octanol–water partition coefficient (Wildman–Crippen LogP) is 1.27. The van der Waals surface area contributed by atoms with Crippen molar-refractivity contribution in [1.82, 2.24) is 4.90 Å². The molecule has 1 saturated carbocycles. The summed E-state index contributed by atoms with van der Waals surface area (Å²) in [5, 5.41) is 10.1. The van der Waals surface area contributed by atoms with Gasteiger partial charge >= 0.3 is 0 Å². The average molecular weight is 245 g/mol. The Labute approximate surface area is 105 Å². The molecule has 1 aliphatic rings. The number of aliphatic hydroxyl groups is 1. The van der Waals surface area contributed by atoms with Crippen LogP contribution in [-0.4, -0.2) is 62.2 Å². The Kier molecular flexibility index (Phi) is 7.04. The van der Waals surface area contributed by atoms with Crippen molar-refractivity contribution in [3.05, 3.63) is 0 Å². The van der Waals surface area contributed by atoms with Crippen molar-refractivity contribution in [2.75, 3.05) is 34.0 Å². The fourth-order valence-electron chi connectivity index (χ4n) is 2.73. The summed E-state index contributed by atoms with van der Waals surface area (Å²) >= 11 is 0. The molecule has 0 saturated heterocycles. The molecule has 4 nitrogen and oxygen atoms in total. The molecule has 4 heteroatoms. The molecule has 0 aliphatic heterocycles. The van der Waals surface area contributed by atoms with Crippen LogP contribution in [0.4, 0.5) is 0 Å². The van der Waals surface area contributed by atoms with Crippen LogP contribution in [0.5, 0.6) is 0 Å². The first-order chi connectivity index (χ1) is 8.20. The Hall–Kier alpha value is -0.160. The molecule has 0 bridgehead atoms. The van der Waals surface area contributed by atoms with Crippen LogP contribution in [0.25, 0.3) is 0 Å². The molecule has 0 amide bonds. The van der Waals surface area contributed by atoms with Gasteiger partial charge in [0.05, 0.1) is 19.3 Å². The van der Waals surface area contributed by atoms with Crippen LogP contribution in [0.3, 0.4) is 0 Å². The molecule has 1 fully saturated rings. The second kappa shape index (κ2) is 8.03. The quantitative estimate of drug-likeness (QED) is 0.733. The first-order valence-corrected chi connectivity index (χ1v) is 6.62. The van der Waals surface area contributed by atoms with Crippen LogP contribution >= 0.6 is 0 Å². The van der Waals surface area contributed by atoms with E-state index in [1.807, 2.05) is 0 Å². The maximum Gasteiger partial charge on any atom is 0.0695 e. The van der Waals surface area contributed by atoms with Gasteiger partial charge in [0.2, 0.25) is 0 Å². The first-order valence-electron chi connectivity index (χ1n) is 6.62. The van der Waals surface area contributed by atoms with Crippen molar-refractivity contribution in [3.8, 4) is 0 Å². The number of aliphatic hydroxyl groups excluding tert-OH is 1. The van der Waals surface area contributed by atoms with Gasteiger partial charge in [0.15, 0.2) is 0 Å². The zero-order valence-electron chi connectivity index (χ0n) is 11.4. The van der Waals surface area contributed by atoms with Gasteiger partial charge in [0, 0.05) is 32.8 Å². The van der Waals surface area contributed by atoms with Crippen molar-refractivity contribution in [2.24, 2.45) is 0 Å². The van der Waals surface area contributed by atoms with Crippen LogP contribution in [0.2, 0.25) is 0 Å². The molecule has 3 atom stereocenters. The molecule has 0 radical (unpaired) electrons. The molecule has 1 aliphatic carbocycles. The van der Waals surface area contributed by atoms with E-state index < -0.39 is 0 Å². The summed E-state index contributed by atoms with van der Waals surface area (Å²) in [6, 6.07) is 0.594. The zero-order chi connectivity index (χ0) is 12.7. The van der Waals surface area contributed by atoms with Gasteiger partial charge in [-0.3, -0.25) is 4.90 Å². The Morgan fingerprint density at radius 3 is 2.53 bits per heavy atom. The van der Waals surface area contributed by atoms with Gasteiger partial charge in [0.25, 0.3) is 0 Å². The van der Waals surface area contributed by atoms with Gasteiger partial charge in [-0.25, -0.2) is 0 Å². The van der Waals surface area contributed by atoms with E-state index in [2.05, 4.69) is 11.8 Å². The second-order valence-corrected chi connectivity index (χ2v) is 4.95. The standard InChI is InChI=1S/C13H27NO3/c1-11(10-17-3)14(8-9-16-2)12-6-4-5-7-13(12)15/h11-13,15H,4-10H2,1-3H3/t11?,12-,13-/m0/s1. The molecule has 0 aromatic rings. The van der Waals surface area contributed by atoms with Crippen LogP contribution in [0, 0.1) is 0 Å². The summed E-state index contributed by atoms with van der Waals surface area (Å²) in [5.41, 5.74) is 0. The number of ether oxygens (including phenoxy) is 2. The van der Waals surface area contributed by atoms with E-state index in [9.17, 15) is 5.11 Å². The minimum absolute atomic E-state index is 0.195. The Balaban J connectivity index is 2.58. The highest BCUT2D eigenvalue weighted by molar-refractivity contribution is 4.85. The van der Waals surface area contributed by atoms with Crippen molar-refractivity contribution in [1.29, 1.82) is 0 Å². The Bertz CT molecular complexity index is 201. The van der Waals surface area contributed by atoms with Crippen molar-refractivity contribution in [2.45, 2.75) is 50.8 Å². The lowest BCUT2D eigenvalue weighted by molar-refractivity contribution is -0.0250. The van der Waals surface area contributed by atoms with E-state index in [1.165, 1.54) is 6.42 Å². The summed E-state index contributed by atoms with van der Waals surface area (Å²) in [7, 11) is 3.44. The highest BCUT2D eigenvalue weighted by Gasteiger charge is 2.31. The lowest BCUT2D eigenvalue weighted by Gasteiger charge is -2.40. The maximum atomic E-state index is 10.1. The summed E-state index contributed by atoms with van der Waals surface area (Å²) in [4.78, 5) is 2.34. The molecule has 17 heavy (non-hydrogen) atoms. The molecule has 0 aromatic carbocycles. The molecular formula is C13H27NO3. The molecule has 0 spiro atoms. The average Bonchev–Trinajstić information content (AvgIpc) is 2.32. The molecule has 1 N–H and O–H groups in total. The molecule has 1 unspecified atom stereocenters. The van der Waals surface area contributed by atoms with E-state index in [1.54, 1.807) is 14.2 Å². The third kappa shape index (κ3) is 4.54. The second-order valence-electron chi connectivity index (χ2n) is 4.95. The lowest BCUT2D eigenvalue weighted by atomic mass is 9.90. The van der Waals surface area contributed by atoms with Crippen LogP contribution in [0.15, 0.2) is 0 Å². The summed E-state index contributed by atoms with van der Waals surface area (Å²) in [6.45, 7) is 4.42. The minimum Gasteiger partial charge on any atom is -0.391 e.